The number of anilines is 1. The number of nitro benzene ring substituents is 1. The largest absolute Gasteiger partial charge is 0.379 e. The number of morpholine rings is 1. The molecule has 12 heteroatoms. The summed E-state index contributed by atoms with van der Waals surface area (Å²) in [5, 5.41) is 16.0. The zero-order valence-electron chi connectivity index (χ0n) is 14.9. The first kappa shape index (κ1) is 21.5. The number of hydrazone groups is 1. The van der Waals surface area contributed by atoms with Crippen LogP contribution in [0.15, 0.2) is 46.4 Å². The van der Waals surface area contributed by atoms with Gasteiger partial charge in [-0.25, -0.2) is 8.42 Å². The topological polar surface area (TPSA) is 114 Å². The lowest BCUT2D eigenvalue weighted by Crippen LogP contribution is -2.40. The number of rotatable bonds is 6. The molecule has 1 aliphatic rings. The van der Waals surface area contributed by atoms with Crippen LogP contribution in [0.3, 0.4) is 0 Å². The van der Waals surface area contributed by atoms with E-state index in [1.165, 1.54) is 22.7 Å². The van der Waals surface area contributed by atoms with Crippen LogP contribution in [0.5, 0.6) is 0 Å². The highest BCUT2D eigenvalue weighted by molar-refractivity contribution is 7.89. The van der Waals surface area contributed by atoms with Gasteiger partial charge in [0.15, 0.2) is 0 Å². The van der Waals surface area contributed by atoms with Gasteiger partial charge in [-0.1, -0.05) is 35.3 Å². The molecule has 0 atom stereocenters. The quantitative estimate of drug-likeness (QED) is 0.403. The predicted octanol–water partition coefficient (Wildman–Crippen LogP) is 3.37. The first-order valence-corrected chi connectivity index (χ1v) is 10.6. The Kier molecular flexibility index (Phi) is 6.70. The molecule has 0 amide bonds. The van der Waals surface area contributed by atoms with Crippen LogP contribution in [0, 0.1) is 10.1 Å². The Balaban J connectivity index is 1.86. The molecule has 29 heavy (non-hydrogen) atoms. The fourth-order valence-corrected chi connectivity index (χ4v) is 4.43. The van der Waals surface area contributed by atoms with Crippen LogP contribution >= 0.6 is 23.2 Å². The molecule has 1 aliphatic heterocycles. The molecule has 154 valence electrons. The average Bonchev–Trinajstić information content (AvgIpc) is 2.71. The molecule has 0 aromatic heterocycles. The maximum atomic E-state index is 12.7. The van der Waals surface area contributed by atoms with Crippen molar-refractivity contribution in [2.75, 3.05) is 31.7 Å². The fourth-order valence-electron chi connectivity index (χ4n) is 2.65. The second-order valence-corrected chi connectivity index (χ2v) is 8.69. The second-order valence-electron chi connectivity index (χ2n) is 5.97. The third-order valence-electron chi connectivity index (χ3n) is 4.14. The van der Waals surface area contributed by atoms with Crippen LogP contribution < -0.4 is 5.43 Å². The molecular weight excluding hydrogens is 443 g/mol. The van der Waals surface area contributed by atoms with Gasteiger partial charge in [-0.3, -0.25) is 15.5 Å². The fraction of sp³-hybridized carbons (Fsp3) is 0.235. The summed E-state index contributed by atoms with van der Waals surface area (Å²) >= 11 is 12.0. The van der Waals surface area contributed by atoms with E-state index in [1.54, 1.807) is 18.2 Å². The van der Waals surface area contributed by atoms with Gasteiger partial charge in [0.2, 0.25) is 10.0 Å². The maximum absolute atomic E-state index is 12.7. The van der Waals surface area contributed by atoms with E-state index in [1.807, 2.05) is 0 Å². The maximum Gasteiger partial charge on any atom is 0.295 e. The lowest BCUT2D eigenvalue weighted by atomic mass is 10.2. The molecule has 3 rings (SSSR count). The Morgan fingerprint density at radius 1 is 1.21 bits per heavy atom. The molecule has 2 aromatic rings. The predicted molar refractivity (Wildman–Crippen MR) is 110 cm³/mol. The molecule has 0 aliphatic carbocycles. The number of ether oxygens (including phenoxy) is 1. The monoisotopic (exact) mass is 458 g/mol. The summed E-state index contributed by atoms with van der Waals surface area (Å²) in [5.41, 5.74) is 2.67. The van der Waals surface area contributed by atoms with Crippen molar-refractivity contribution in [3.8, 4) is 0 Å². The molecule has 1 saturated heterocycles. The summed E-state index contributed by atoms with van der Waals surface area (Å²) in [5.74, 6) is 0. The van der Waals surface area contributed by atoms with Crippen molar-refractivity contribution in [1.29, 1.82) is 0 Å². The van der Waals surface area contributed by atoms with Gasteiger partial charge in [0.25, 0.3) is 5.69 Å². The number of nitrogens with zero attached hydrogens (tertiary/aromatic N) is 3. The lowest BCUT2D eigenvalue weighted by molar-refractivity contribution is -0.384. The van der Waals surface area contributed by atoms with Gasteiger partial charge in [-0.05, 0) is 18.2 Å². The Labute approximate surface area is 177 Å². The number of benzene rings is 2. The number of nitrogens with one attached hydrogen (secondary N) is 1. The Bertz CT molecular complexity index is 1060. The Morgan fingerprint density at radius 3 is 2.62 bits per heavy atom. The molecule has 1 heterocycles. The minimum absolute atomic E-state index is 0.0327. The van der Waals surface area contributed by atoms with Crippen LogP contribution in [0.2, 0.25) is 10.0 Å². The minimum Gasteiger partial charge on any atom is -0.379 e. The van der Waals surface area contributed by atoms with Crippen molar-refractivity contribution in [2.24, 2.45) is 5.10 Å². The van der Waals surface area contributed by atoms with Crippen molar-refractivity contribution >= 4 is 50.8 Å². The third kappa shape index (κ3) is 4.85. The summed E-state index contributed by atoms with van der Waals surface area (Å²) in [6.07, 6.45) is 1.36. The normalized spacial score (nSPS) is 15.5. The van der Waals surface area contributed by atoms with Crippen LogP contribution in [-0.4, -0.2) is 50.2 Å². The standard InChI is InChI=1S/C17H16Cl2N4O5S/c18-14-3-1-2-12(17(14)19)11-20-21-15-5-4-13(10-16(15)23(24)25)29(26,27)22-6-8-28-9-7-22/h1-5,10-11,21H,6-9H2. The van der Waals surface area contributed by atoms with Crippen LogP contribution in [0.4, 0.5) is 11.4 Å². The van der Waals surface area contributed by atoms with Gasteiger partial charge in [0, 0.05) is 24.7 Å². The molecule has 0 spiro atoms. The number of hydrogen-bond acceptors (Lipinski definition) is 7. The van der Waals surface area contributed by atoms with Gasteiger partial charge in [0.1, 0.15) is 5.69 Å². The summed E-state index contributed by atoms with van der Waals surface area (Å²) < 4.78 is 31.8. The van der Waals surface area contributed by atoms with Crippen LogP contribution in [0.1, 0.15) is 5.56 Å². The van der Waals surface area contributed by atoms with Gasteiger partial charge >= 0.3 is 0 Å². The van der Waals surface area contributed by atoms with Crippen molar-refractivity contribution in [2.45, 2.75) is 4.90 Å². The second kappa shape index (κ2) is 9.06. The highest BCUT2D eigenvalue weighted by Gasteiger charge is 2.28. The number of hydrogen-bond donors (Lipinski definition) is 1. The first-order valence-electron chi connectivity index (χ1n) is 8.40. The molecule has 0 bridgehead atoms. The summed E-state index contributed by atoms with van der Waals surface area (Å²) in [7, 11) is -3.86. The SMILES string of the molecule is O=[N+]([O-])c1cc(S(=O)(=O)N2CCOCC2)ccc1NN=Cc1cccc(Cl)c1Cl. The molecular formula is C17H16Cl2N4O5S. The lowest BCUT2D eigenvalue weighted by Gasteiger charge is -2.26. The van der Waals surface area contributed by atoms with Gasteiger partial charge in [0.05, 0.1) is 39.3 Å². The molecule has 2 aromatic carbocycles. The number of nitro groups is 1. The van der Waals surface area contributed by atoms with Crippen molar-refractivity contribution < 1.29 is 18.1 Å². The molecule has 0 unspecified atom stereocenters. The molecule has 1 N–H and O–H groups in total. The number of sulfonamides is 1. The highest BCUT2D eigenvalue weighted by Crippen LogP contribution is 2.29. The zero-order valence-corrected chi connectivity index (χ0v) is 17.2. The molecule has 0 radical (unpaired) electrons. The summed E-state index contributed by atoms with van der Waals surface area (Å²) in [6.45, 7) is 0.950. The van der Waals surface area contributed by atoms with E-state index in [9.17, 15) is 18.5 Å². The van der Waals surface area contributed by atoms with Gasteiger partial charge < -0.3 is 4.74 Å². The van der Waals surface area contributed by atoms with E-state index in [0.29, 0.717) is 15.6 Å². The first-order chi connectivity index (χ1) is 13.8. The van der Waals surface area contributed by atoms with E-state index in [0.717, 1.165) is 6.07 Å². The van der Waals surface area contributed by atoms with Crippen molar-refractivity contribution in [3.63, 3.8) is 0 Å². The van der Waals surface area contributed by atoms with Gasteiger partial charge in [-0.2, -0.15) is 9.41 Å². The van der Waals surface area contributed by atoms with E-state index in [-0.39, 0.29) is 36.9 Å². The average molecular weight is 459 g/mol. The summed E-state index contributed by atoms with van der Waals surface area (Å²) in [4.78, 5) is 10.6. The molecule has 1 fully saturated rings. The smallest absolute Gasteiger partial charge is 0.295 e. The van der Waals surface area contributed by atoms with E-state index in [4.69, 9.17) is 27.9 Å². The zero-order chi connectivity index (χ0) is 21.0. The molecule has 0 saturated carbocycles. The van der Waals surface area contributed by atoms with E-state index < -0.39 is 20.6 Å². The van der Waals surface area contributed by atoms with Crippen LogP contribution in [0.25, 0.3) is 0 Å². The highest BCUT2D eigenvalue weighted by atomic mass is 35.5. The van der Waals surface area contributed by atoms with Crippen molar-refractivity contribution in [1.82, 2.24) is 4.31 Å². The van der Waals surface area contributed by atoms with E-state index >= 15 is 0 Å². The number of halogens is 2. The third-order valence-corrected chi connectivity index (χ3v) is 6.87. The van der Waals surface area contributed by atoms with Crippen LogP contribution in [-0.2, 0) is 14.8 Å². The minimum atomic E-state index is -3.86. The summed E-state index contributed by atoms with van der Waals surface area (Å²) in [6, 6.07) is 8.57. The molecule has 9 nitrogen and oxygen atoms in total. The Morgan fingerprint density at radius 2 is 1.93 bits per heavy atom. The Hall–Kier alpha value is -2.24. The van der Waals surface area contributed by atoms with Gasteiger partial charge in [-0.15, -0.1) is 0 Å². The van der Waals surface area contributed by atoms with Crippen molar-refractivity contribution in [3.05, 3.63) is 62.1 Å². The van der Waals surface area contributed by atoms with E-state index in [2.05, 4.69) is 10.5 Å².